The molecule has 0 aromatic carbocycles. The van der Waals surface area contributed by atoms with Gasteiger partial charge in [0.1, 0.15) is 5.82 Å². The van der Waals surface area contributed by atoms with Crippen LogP contribution in [0.5, 0.6) is 0 Å². The Morgan fingerprint density at radius 3 is 2.77 bits per heavy atom. The Balaban J connectivity index is 1.52. The molecule has 26 heavy (non-hydrogen) atoms. The van der Waals surface area contributed by atoms with Gasteiger partial charge in [-0.15, -0.1) is 0 Å². The van der Waals surface area contributed by atoms with E-state index in [4.69, 9.17) is 9.84 Å². The Kier molecular flexibility index (Phi) is 4.78. The minimum absolute atomic E-state index is 0.0547. The second-order valence-electron chi connectivity index (χ2n) is 7.12. The van der Waals surface area contributed by atoms with Crippen LogP contribution in [0, 0.1) is 13.8 Å². The molecule has 0 bridgehead atoms. The van der Waals surface area contributed by atoms with Gasteiger partial charge in [-0.2, -0.15) is 10.1 Å². The molecule has 0 radical (unpaired) electrons. The van der Waals surface area contributed by atoms with Crippen LogP contribution in [0.2, 0.25) is 0 Å². The topological polar surface area (TPSA) is 88.3 Å². The van der Waals surface area contributed by atoms with Gasteiger partial charge >= 0.3 is 0 Å². The summed E-state index contributed by atoms with van der Waals surface area (Å²) in [5, 5.41) is 16.8. The molecule has 2 fully saturated rings. The number of rotatable bonds is 6. The molecule has 0 saturated carbocycles. The van der Waals surface area contributed by atoms with Crippen LogP contribution in [0.4, 0.5) is 11.8 Å². The van der Waals surface area contributed by atoms with Gasteiger partial charge in [-0.25, -0.2) is 4.98 Å². The highest BCUT2D eigenvalue weighted by Gasteiger charge is 2.32. The molecule has 8 nitrogen and oxygen atoms in total. The van der Waals surface area contributed by atoms with Crippen molar-refractivity contribution in [1.82, 2.24) is 19.7 Å². The number of nitrogens with one attached hydrogen (secondary N) is 1. The van der Waals surface area contributed by atoms with E-state index in [-0.39, 0.29) is 6.61 Å². The first-order valence-electron chi connectivity index (χ1n) is 9.23. The summed E-state index contributed by atoms with van der Waals surface area (Å²) in [5.74, 6) is 1.83. The van der Waals surface area contributed by atoms with Gasteiger partial charge in [-0.3, -0.25) is 4.68 Å². The Morgan fingerprint density at radius 2 is 2.12 bits per heavy atom. The molecule has 2 aromatic heterocycles. The Bertz CT molecular complexity index is 765. The molecule has 0 unspecified atom stereocenters. The van der Waals surface area contributed by atoms with E-state index < -0.39 is 0 Å². The van der Waals surface area contributed by atoms with Crippen molar-refractivity contribution in [2.75, 3.05) is 49.7 Å². The summed E-state index contributed by atoms with van der Waals surface area (Å²) < 4.78 is 7.63. The number of aromatic nitrogens is 4. The lowest BCUT2D eigenvalue weighted by atomic mass is 10.0. The fourth-order valence-electron chi connectivity index (χ4n) is 3.65. The molecule has 8 heteroatoms. The molecular weight excluding hydrogens is 332 g/mol. The maximum atomic E-state index is 9.07. The van der Waals surface area contributed by atoms with E-state index in [1.807, 2.05) is 6.92 Å². The van der Waals surface area contributed by atoms with Gasteiger partial charge in [0, 0.05) is 43.9 Å². The summed E-state index contributed by atoms with van der Waals surface area (Å²) in [6.45, 7) is 7.90. The van der Waals surface area contributed by atoms with E-state index in [0.717, 1.165) is 43.3 Å². The lowest BCUT2D eigenvalue weighted by Crippen LogP contribution is -2.49. The first-order chi connectivity index (χ1) is 12.6. The van der Waals surface area contributed by atoms with Gasteiger partial charge in [-0.05, 0) is 26.3 Å². The van der Waals surface area contributed by atoms with Gasteiger partial charge in [0.25, 0.3) is 0 Å². The van der Waals surface area contributed by atoms with E-state index in [2.05, 4.69) is 49.0 Å². The number of ether oxygens (including phenoxy) is 1. The number of anilines is 2. The lowest BCUT2D eigenvalue weighted by molar-refractivity contribution is 0.193. The normalized spacial score (nSPS) is 20.4. The van der Waals surface area contributed by atoms with E-state index in [1.54, 1.807) is 0 Å². The van der Waals surface area contributed by atoms with Crippen molar-refractivity contribution in [3.8, 4) is 0 Å². The third-order valence-corrected chi connectivity index (χ3v) is 5.05. The molecule has 2 saturated heterocycles. The first kappa shape index (κ1) is 17.2. The van der Waals surface area contributed by atoms with Gasteiger partial charge in [0.2, 0.25) is 5.95 Å². The molecule has 4 heterocycles. The summed E-state index contributed by atoms with van der Waals surface area (Å²) in [4.78, 5) is 11.5. The van der Waals surface area contributed by atoms with Crippen molar-refractivity contribution in [1.29, 1.82) is 0 Å². The fourth-order valence-corrected chi connectivity index (χ4v) is 3.65. The number of hydrogen-bond acceptors (Lipinski definition) is 7. The van der Waals surface area contributed by atoms with Crippen LogP contribution in [0.1, 0.15) is 35.5 Å². The van der Waals surface area contributed by atoms with Crippen molar-refractivity contribution in [2.24, 2.45) is 0 Å². The summed E-state index contributed by atoms with van der Waals surface area (Å²) in [7, 11) is 0. The first-order valence-corrected chi connectivity index (χ1v) is 9.23. The smallest absolute Gasteiger partial charge is 0.224 e. The van der Waals surface area contributed by atoms with Crippen molar-refractivity contribution in [3.63, 3.8) is 0 Å². The quantitative estimate of drug-likeness (QED) is 0.804. The number of aryl methyl sites for hydroxylation is 2. The largest absolute Gasteiger partial charge is 0.395 e. The maximum Gasteiger partial charge on any atom is 0.224 e. The number of nitrogens with zero attached hydrogens (tertiary/aromatic N) is 5. The maximum absolute atomic E-state index is 9.07. The molecule has 140 valence electrons. The molecule has 0 spiro atoms. The van der Waals surface area contributed by atoms with Crippen molar-refractivity contribution in [2.45, 2.75) is 32.2 Å². The van der Waals surface area contributed by atoms with Crippen molar-refractivity contribution >= 4 is 11.8 Å². The van der Waals surface area contributed by atoms with Crippen LogP contribution in [-0.2, 0) is 4.74 Å². The second-order valence-corrected chi connectivity index (χ2v) is 7.12. The number of aliphatic hydroxyl groups is 1. The van der Waals surface area contributed by atoms with E-state index in [0.29, 0.717) is 31.1 Å². The highest BCUT2D eigenvalue weighted by molar-refractivity contribution is 5.48. The predicted octanol–water partition coefficient (Wildman–Crippen LogP) is 1.26. The third-order valence-electron chi connectivity index (χ3n) is 5.05. The molecular formula is C18H26N6O2. The predicted molar refractivity (Wildman–Crippen MR) is 98.7 cm³/mol. The minimum atomic E-state index is 0.0547. The van der Waals surface area contributed by atoms with Crippen molar-refractivity contribution < 1.29 is 9.84 Å². The Morgan fingerprint density at radius 1 is 1.27 bits per heavy atom. The zero-order valence-electron chi connectivity index (χ0n) is 15.4. The highest BCUT2D eigenvalue weighted by atomic mass is 16.5. The summed E-state index contributed by atoms with van der Waals surface area (Å²) in [6, 6.07) is 4.58. The van der Waals surface area contributed by atoms with Crippen LogP contribution < -0.4 is 10.2 Å². The molecule has 0 amide bonds. The summed E-state index contributed by atoms with van der Waals surface area (Å²) >= 11 is 0. The highest BCUT2D eigenvalue weighted by Crippen LogP contribution is 2.31. The lowest BCUT2D eigenvalue weighted by Gasteiger charge is -2.40. The molecule has 0 aliphatic carbocycles. The minimum Gasteiger partial charge on any atom is -0.395 e. The second kappa shape index (κ2) is 7.20. The Hall–Kier alpha value is -2.19. The monoisotopic (exact) mass is 358 g/mol. The fraction of sp³-hybridized carbons (Fsp3) is 0.611. The van der Waals surface area contributed by atoms with Crippen molar-refractivity contribution in [3.05, 3.63) is 29.2 Å². The average molecular weight is 358 g/mol. The van der Waals surface area contributed by atoms with Crippen LogP contribution in [0.3, 0.4) is 0 Å². The van der Waals surface area contributed by atoms with Gasteiger partial charge in [-0.1, -0.05) is 0 Å². The summed E-state index contributed by atoms with van der Waals surface area (Å²) in [6.07, 6.45) is 0.990. The van der Waals surface area contributed by atoms with Crippen LogP contribution >= 0.6 is 0 Å². The molecule has 2 aliphatic rings. The van der Waals surface area contributed by atoms with E-state index in [1.165, 1.54) is 5.69 Å². The molecule has 1 atom stereocenters. The SMILES string of the molecule is Cc1cc(C)n(C2CN(c3cc([C@@H]4CCOC4)nc(NCCO)n3)C2)n1. The number of hydrogen-bond donors (Lipinski definition) is 2. The molecule has 4 rings (SSSR count). The average Bonchev–Trinajstić information content (AvgIpc) is 3.22. The van der Waals surface area contributed by atoms with E-state index in [9.17, 15) is 0 Å². The molecule has 2 aromatic rings. The van der Waals surface area contributed by atoms with Crippen LogP contribution in [0.15, 0.2) is 12.1 Å². The zero-order valence-corrected chi connectivity index (χ0v) is 15.4. The molecule has 2 aliphatic heterocycles. The van der Waals surface area contributed by atoms with E-state index >= 15 is 0 Å². The third kappa shape index (κ3) is 3.39. The summed E-state index contributed by atoms with van der Waals surface area (Å²) in [5.41, 5.74) is 3.27. The van der Waals surface area contributed by atoms with Crippen LogP contribution in [0.25, 0.3) is 0 Å². The van der Waals surface area contributed by atoms with Gasteiger partial charge < -0.3 is 20.1 Å². The van der Waals surface area contributed by atoms with Gasteiger partial charge in [0.15, 0.2) is 0 Å². The van der Waals surface area contributed by atoms with Gasteiger partial charge in [0.05, 0.1) is 30.6 Å². The standard InChI is InChI=1S/C18H26N6O2/c1-12-7-13(2)24(22-12)15-9-23(10-15)17-8-16(14-3-6-26-11-14)20-18(21-17)19-4-5-25/h7-8,14-15,25H,3-6,9-11H2,1-2H3,(H,19,20,21)/t14-/m1/s1. The molecule has 2 N–H and O–H groups in total. The van der Waals surface area contributed by atoms with Crippen LogP contribution in [-0.4, -0.2) is 64.3 Å². The zero-order chi connectivity index (χ0) is 18.1. The number of aliphatic hydroxyl groups excluding tert-OH is 1. The Labute approximate surface area is 153 Å².